The summed E-state index contributed by atoms with van der Waals surface area (Å²) in [7, 11) is 1.29. The molecule has 1 saturated heterocycles. The standard InChI is InChI=1S/C20H26F3NO5/c1-27-17(25)11-8-15-6-9-16(10-7-15)24(19(26)20(21,22)23)12-4-14-29-18-5-2-3-13-28-18/h6-7,9-10,18H,2-5,8,11-14H2,1H3. The lowest BCUT2D eigenvalue weighted by atomic mass is 10.1. The Morgan fingerprint density at radius 2 is 1.93 bits per heavy atom. The lowest BCUT2D eigenvalue weighted by Crippen LogP contribution is -2.42. The molecule has 0 radical (unpaired) electrons. The quantitative estimate of drug-likeness (QED) is 0.454. The van der Waals surface area contributed by atoms with E-state index in [2.05, 4.69) is 4.74 Å². The molecule has 2 rings (SSSR count). The Hall–Kier alpha value is -2.13. The van der Waals surface area contributed by atoms with Gasteiger partial charge in [-0.15, -0.1) is 0 Å². The van der Waals surface area contributed by atoms with Crippen LogP contribution in [0.15, 0.2) is 24.3 Å². The summed E-state index contributed by atoms with van der Waals surface area (Å²) in [5, 5.41) is 0. The van der Waals surface area contributed by atoms with Crippen LogP contribution in [0.25, 0.3) is 0 Å². The summed E-state index contributed by atoms with van der Waals surface area (Å²) in [6.07, 6.45) is -1.77. The Balaban J connectivity index is 1.95. The number of amides is 1. The second kappa shape index (κ2) is 11.2. The van der Waals surface area contributed by atoms with Gasteiger partial charge in [-0.25, -0.2) is 0 Å². The summed E-state index contributed by atoms with van der Waals surface area (Å²) in [6.45, 7) is 0.682. The van der Waals surface area contributed by atoms with Crippen molar-refractivity contribution in [1.29, 1.82) is 0 Å². The second-order valence-electron chi connectivity index (χ2n) is 6.72. The molecule has 1 aliphatic heterocycles. The third kappa shape index (κ3) is 7.66. The number of alkyl halides is 3. The molecule has 1 aromatic rings. The van der Waals surface area contributed by atoms with Crippen LogP contribution in [0.4, 0.5) is 18.9 Å². The zero-order valence-corrected chi connectivity index (χ0v) is 16.4. The number of nitrogens with zero attached hydrogens (tertiary/aromatic N) is 1. The van der Waals surface area contributed by atoms with Crippen molar-refractivity contribution in [3.8, 4) is 0 Å². The molecule has 1 fully saturated rings. The van der Waals surface area contributed by atoms with Gasteiger partial charge in [0.2, 0.25) is 0 Å². The molecular formula is C20H26F3NO5. The second-order valence-corrected chi connectivity index (χ2v) is 6.72. The number of halogens is 3. The van der Waals surface area contributed by atoms with E-state index in [4.69, 9.17) is 9.47 Å². The number of anilines is 1. The number of aryl methyl sites for hydroxylation is 1. The Labute approximate surface area is 167 Å². The van der Waals surface area contributed by atoms with Crippen molar-refractivity contribution in [1.82, 2.24) is 0 Å². The van der Waals surface area contributed by atoms with Crippen LogP contribution >= 0.6 is 0 Å². The molecule has 0 N–H and O–H groups in total. The molecule has 0 aliphatic carbocycles. The zero-order valence-electron chi connectivity index (χ0n) is 16.4. The predicted molar refractivity (Wildman–Crippen MR) is 99.3 cm³/mol. The monoisotopic (exact) mass is 417 g/mol. The first-order valence-corrected chi connectivity index (χ1v) is 9.59. The van der Waals surface area contributed by atoms with Crippen molar-refractivity contribution in [2.75, 3.05) is 31.8 Å². The van der Waals surface area contributed by atoms with Gasteiger partial charge in [-0.2, -0.15) is 13.2 Å². The minimum Gasteiger partial charge on any atom is -0.469 e. The Morgan fingerprint density at radius 3 is 2.52 bits per heavy atom. The predicted octanol–water partition coefficient (Wildman–Crippen LogP) is 3.62. The molecule has 0 saturated carbocycles. The molecule has 0 aromatic heterocycles. The van der Waals surface area contributed by atoms with Gasteiger partial charge in [0, 0.05) is 25.3 Å². The number of carbonyl (C=O) groups excluding carboxylic acids is 2. The van der Waals surface area contributed by atoms with Crippen LogP contribution in [0, 0.1) is 0 Å². The first kappa shape index (κ1) is 23.2. The fraction of sp³-hybridized carbons (Fsp3) is 0.600. The molecule has 0 bridgehead atoms. The smallest absolute Gasteiger partial charge is 0.469 e. The van der Waals surface area contributed by atoms with Crippen LogP contribution in [-0.2, 0) is 30.2 Å². The van der Waals surface area contributed by atoms with Crippen LogP contribution < -0.4 is 4.90 Å². The third-order valence-electron chi connectivity index (χ3n) is 4.55. The summed E-state index contributed by atoms with van der Waals surface area (Å²) >= 11 is 0. The topological polar surface area (TPSA) is 65.1 Å². The average molecular weight is 417 g/mol. The fourth-order valence-corrected chi connectivity index (χ4v) is 2.97. The highest BCUT2D eigenvalue weighted by Gasteiger charge is 2.42. The summed E-state index contributed by atoms with van der Waals surface area (Å²) in [6, 6.07) is 6.09. The number of ether oxygens (including phenoxy) is 3. The van der Waals surface area contributed by atoms with Gasteiger partial charge in [-0.3, -0.25) is 9.59 Å². The van der Waals surface area contributed by atoms with Crippen molar-refractivity contribution in [2.45, 2.75) is 51.0 Å². The number of rotatable bonds is 9. The van der Waals surface area contributed by atoms with Gasteiger partial charge in [0.25, 0.3) is 0 Å². The number of benzene rings is 1. The molecule has 0 spiro atoms. The van der Waals surface area contributed by atoms with E-state index in [0.717, 1.165) is 24.8 Å². The minimum absolute atomic E-state index is 0.132. The van der Waals surface area contributed by atoms with Crippen LogP contribution in [-0.4, -0.2) is 51.2 Å². The Bertz CT molecular complexity index is 657. The highest BCUT2D eigenvalue weighted by Crippen LogP contribution is 2.25. The van der Waals surface area contributed by atoms with E-state index in [-0.39, 0.29) is 43.9 Å². The lowest BCUT2D eigenvalue weighted by molar-refractivity contribution is -0.171. The molecular weight excluding hydrogens is 391 g/mol. The molecule has 1 aromatic carbocycles. The number of hydrogen-bond donors (Lipinski definition) is 0. The van der Waals surface area contributed by atoms with E-state index in [0.29, 0.717) is 17.9 Å². The van der Waals surface area contributed by atoms with Crippen molar-refractivity contribution in [3.63, 3.8) is 0 Å². The molecule has 1 amide bonds. The number of methoxy groups -OCH3 is 1. The van der Waals surface area contributed by atoms with E-state index >= 15 is 0 Å². The Morgan fingerprint density at radius 1 is 1.21 bits per heavy atom. The first-order chi connectivity index (χ1) is 13.8. The van der Waals surface area contributed by atoms with E-state index in [1.807, 2.05) is 0 Å². The molecule has 162 valence electrons. The number of esters is 1. The van der Waals surface area contributed by atoms with Crippen molar-refractivity contribution >= 4 is 17.6 Å². The Kier molecular flexibility index (Phi) is 8.91. The van der Waals surface area contributed by atoms with Gasteiger partial charge < -0.3 is 19.1 Å². The van der Waals surface area contributed by atoms with Crippen LogP contribution in [0.5, 0.6) is 0 Å². The van der Waals surface area contributed by atoms with Crippen molar-refractivity contribution in [3.05, 3.63) is 29.8 Å². The molecule has 29 heavy (non-hydrogen) atoms. The zero-order chi connectivity index (χ0) is 21.3. The van der Waals surface area contributed by atoms with Crippen LogP contribution in [0.2, 0.25) is 0 Å². The largest absolute Gasteiger partial charge is 0.471 e. The highest BCUT2D eigenvalue weighted by molar-refractivity contribution is 5.97. The van der Waals surface area contributed by atoms with Crippen LogP contribution in [0.3, 0.4) is 0 Å². The van der Waals surface area contributed by atoms with Gasteiger partial charge in [0.15, 0.2) is 6.29 Å². The highest BCUT2D eigenvalue weighted by atomic mass is 19.4. The maximum absolute atomic E-state index is 13.0. The molecule has 9 heteroatoms. The van der Waals surface area contributed by atoms with Gasteiger partial charge >= 0.3 is 18.1 Å². The van der Waals surface area contributed by atoms with Crippen molar-refractivity contribution in [2.24, 2.45) is 0 Å². The maximum Gasteiger partial charge on any atom is 0.471 e. The molecule has 1 heterocycles. The molecule has 1 unspecified atom stereocenters. The minimum atomic E-state index is -4.98. The maximum atomic E-state index is 13.0. The van der Waals surface area contributed by atoms with E-state index in [9.17, 15) is 22.8 Å². The summed E-state index contributed by atoms with van der Waals surface area (Å²) in [4.78, 5) is 23.8. The average Bonchev–Trinajstić information content (AvgIpc) is 2.72. The van der Waals surface area contributed by atoms with E-state index < -0.39 is 12.1 Å². The van der Waals surface area contributed by atoms with Gasteiger partial charge in [-0.05, 0) is 49.8 Å². The van der Waals surface area contributed by atoms with E-state index in [1.165, 1.54) is 19.2 Å². The van der Waals surface area contributed by atoms with Gasteiger partial charge in [-0.1, -0.05) is 12.1 Å². The summed E-state index contributed by atoms with van der Waals surface area (Å²) in [5.41, 5.74) is 0.902. The van der Waals surface area contributed by atoms with Crippen LogP contribution in [0.1, 0.15) is 37.7 Å². The summed E-state index contributed by atoms with van der Waals surface area (Å²) in [5.74, 6) is -2.29. The van der Waals surface area contributed by atoms with Gasteiger partial charge in [0.05, 0.1) is 13.7 Å². The fourth-order valence-electron chi connectivity index (χ4n) is 2.97. The number of hydrogen-bond acceptors (Lipinski definition) is 5. The summed E-state index contributed by atoms with van der Waals surface area (Å²) < 4.78 is 54.6. The molecule has 1 aliphatic rings. The lowest BCUT2D eigenvalue weighted by Gasteiger charge is -2.26. The van der Waals surface area contributed by atoms with E-state index in [1.54, 1.807) is 12.1 Å². The first-order valence-electron chi connectivity index (χ1n) is 9.59. The SMILES string of the molecule is COC(=O)CCc1ccc(N(CCCOC2CCCCO2)C(=O)C(F)(F)F)cc1. The van der Waals surface area contributed by atoms with Gasteiger partial charge in [0.1, 0.15) is 0 Å². The molecule has 6 nitrogen and oxygen atoms in total. The third-order valence-corrected chi connectivity index (χ3v) is 4.55. The van der Waals surface area contributed by atoms with Crippen molar-refractivity contribution < 1.29 is 37.0 Å². The molecule has 1 atom stereocenters. The normalized spacial score (nSPS) is 17.0. The number of carbonyl (C=O) groups is 2.